The number of para-hydroxylation sites is 1. The molecule has 2 saturated heterocycles. The molecule has 12 heteroatoms. The lowest BCUT2D eigenvalue weighted by molar-refractivity contribution is -0.0631. The zero-order valence-electron chi connectivity index (χ0n) is 22.2. The number of hydrazine groups is 1. The number of anilines is 3. The van der Waals surface area contributed by atoms with Gasteiger partial charge in [-0.25, -0.2) is 14.4 Å². The Bertz CT molecular complexity index is 1330. The van der Waals surface area contributed by atoms with E-state index in [1.807, 2.05) is 23.1 Å². The summed E-state index contributed by atoms with van der Waals surface area (Å²) in [5.41, 5.74) is 6.76. The summed E-state index contributed by atoms with van der Waals surface area (Å²) in [5.74, 6) is 0.344. The van der Waals surface area contributed by atoms with Gasteiger partial charge in [0.1, 0.15) is 11.6 Å². The fourth-order valence-electron chi connectivity index (χ4n) is 4.91. The molecular weight excluding hydrogens is 517 g/mol. The van der Waals surface area contributed by atoms with Crippen LogP contribution in [0.3, 0.4) is 0 Å². The number of carbonyl (C=O) groups excluding carboxylic acids is 2. The van der Waals surface area contributed by atoms with E-state index >= 15 is 4.39 Å². The molecule has 2 amide bonds. The number of nitrogens with zero attached hydrogens (tertiary/aromatic N) is 5. The number of amides is 2. The monoisotopic (exact) mass is 549 g/mol. The zero-order valence-corrected chi connectivity index (χ0v) is 22.2. The first-order valence-corrected chi connectivity index (χ1v) is 13.1. The number of nitrogens with one attached hydrogen (secondary N) is 1. The van der Waals surface area contributed by atoms with Crippen LogP contribution >= 0.6 is 0 Å². The third-order valence-electron chi connectivity index (χ3n) is 6.91. The summed E-state index contributed by atoms with van der Waals surface area (Å²) in [4.78, 5) is 36.5. The Kier molecular flexibility index (Phi) is 8.37. The van der Waals surface area contributed by atoms with E-state index in [2.05, 4.69) is 10.3 Å². The van der Waals surface area contributed by atoms with E-state index in [0.29, 0.717) is 42.5 Å². The number of morpholine rings is 1. The van der Waals surface area contributed by atoms with Crippen molar-refractivity contribution in [1.82, 2.24) is 20.3 Å². The van der Waals surface area contributed by atoms with E-state index in [9.17, 15) is 9.59 Å². The maximum atomic E-state index is 15.1. The van der Waals surface area contributed by atoms with Crippen LogP contribution in [-0.4, -0.2) is 79.1 Å². The molecule has 210 valence electrons. The second-order valence-electron chi connectivity index (χ2n) is 9.57. The Labute approximate surface area is 231 Å². The number of halogens is 1. The molecule has 0 saturated carbocycles. The van der Waals surface area contributed by atoms with E-state index < -0.39 is 12.2 Å². The Morgan fingerprint density at radius 2 is 1.93 bits per heavy atom. The van der Waals surface area contributed by atoms with Crippen molar-refractivity contribution in [2.24, 2.45) is 5.73 Å². The summed E-state index contributed by atoms with van der Waals surface area (Å²) in [6.07, 6.45) is 1.63. The van der Waals surface area contributed by atoms with Crippen molar-refractivity contribution in [2.45, 2.75) is 25.2 Å². The molecule has 5 rings (SSSR count). The van der Waals surface area contributed by atoms with Gasteiger partial charge < -0.3 is 25.4 Å². The lowest BCUT2D eigenvalue weighted by atomic mass is 10.0. The first kappa shape index (κ1) is 27.3. The maximum Gasteiger partial charge on any atom is 0.271 e. The number of methoxy groups -OCH3 is 1. The molecule has 2 fully saturated rings. The molecule has 0 unspecified atom stereocenters. The molecule has 11 nitrogen and oxygen atoms in total. The number of nitrogens with two attached hydrogens (primary N) is 1. The number of piperidine rings is 1. The van der Waals surface area contributed by atoms with Crippen molar-refractivity contribution in [3.8, 4) is 5.75 Å². The summed E-state index contributed by atoms with van der Waals surface area (Å²) in [6.45, 7) is 1.59. The minimum absolute atomic E-state index is 0.0762. The lowest BCUT2D eigenvalue weighted by Crippen LogP contribution is -2.52. The summed E-state index contributed by atoms with van der Waals surface area (Å²) in [7, 11) is 1.58. The van der Waals surface area contributed by atoms with Gasteiger partial charge in [-0.05, 0) is 49.2 Å². The lowest BCUT2D eigenvalue weighted by Gasteiger charge is -2.40. The Balaban J connectivity index is 1.42. The standard InChI is InChI=1S/C28H32FN7O4/c1-39-22-11-9-19(10-12-22)28(38)32-20-6-5-13-34(17-20)24-16-31-25(26(30)37)27(33-24)36(21-7-3-2-4-8-21)35-14-15-40-18-23(35)29/h2-4,7-12,16,20,23H,5-6,13-15,17-18H2,1H3,(H2,30,37)(H,32,38)/t20-,23+/m1/s1. The van der Waals surface area contributed by atoms with E-state index in [0.717, 1.165) is 12.8 Å². The second-order valence-corrected chi connectivity index (χ2v) is 9.57. The van der Waals surface area contributed by atoms with E-state index in [1.165, 1.54) is 11.2 Å². The van der Waals surface area contributed by atoms with E-state index in [1.54, 1.807) is 48.5 Å². The van der Waals surface area contributed by atoms with Gasteiger partial charge in [0.15, 0.2) is 17.8 Å². The highest BCUT2D eigenvalue weighted by molar-refractivity contribution is 5.96. The van der Waals surface area contributed by atoms with Crippen LogP contribution in [0.1, 0.15) is 33.7 Å². The van der Waals surface area contributed by atoms with Crippen molar-refractivity contribution < 1.29 is 23.5 Å². The van der Waals surface area contributed by atoms with Crippen molar-refractivity contribution in [2.75, 3.05) is 49.9 Å². The highest BCUT2D eigenvalue weighted by Crippen LogP contribution is 2.32. The third kappa shape index (κ3) is 5.97. The number of hydrogen-bond donors (Lipinski definition) is 2. The van der Waals surface area contributed by atoms with Crippen LogP contribution in [0, 0.1) is 0 Å². The molecule has 0 bridgehead atoms. The number of benzene rings is 2. The van der Waals surface area contributed by atoms with Crippen LogP contribution in [0.25, 0.3) is 0 Å². The largest absolute Gasteiger partial charge is 0.497 e. The van der Waals surface area contributed by atoms with Crippen LogP contribution in [0.2, 0.25) is 0 Å². The van der Waals surface area contributed by atoms with Gasteiger partial charge in [0, 0.05) is 31.2 Å². The quantitative estimate of drug-likeness (QED) is 0.408. The molecule has 40 heavy (non-hydrogen) atoms. The van der Waals surface area contributed by atoms with Gasteiger partial charge in [-0.1, -0.05) is 18.2 Å². The maximum absolute atomic E-state index is 15.1. The molecule has 2 atom stereocenters. The number of carbonyl (C=O) groups is 2. The van der Waals surface area contributed by atoms with Gasteiger partial charge in [0.2, 0.25) is 0 Å². The average Bonchev–Trinajstić information content (AvgIpc) is 2.99. The van der Waals surface area contributed by atoms with Crippen molar-refractivity contribution in [3.63, 3.8) is 0 Å². The van der Waals surface area contributed by atoms with Crippen LogP contribution in [0.5, 0.6) is 5.75 Å². The fraction of sp³-hybridized carbons (Fsp3) is 0.357. The fourth-order valence-corrected chi connectivity index (χ4v) is 4.91. The molecule has 3 N–H and O–H groups in total. The Morgan fingerprint density at radius 1 is 1.15 bits per heavy atom. The van der Waals surface area contributed by atoms with Crippen LogP contribution < -0.4 is 25.7 Å². The van der Waals surface area contributed by atoms with E-state index in [4.69, 9.17) is 20.2 Å². The number of primary amides is 1. The SMILES string of the molecule is COc1ccc(C(=O)N[C@@H]2CCCN(c3cnc(C(N)=O)c(N(c4ccccc4)N4CCOC[C@H]4F)n3)C2)cc1. The third-order valence-corrected chi connectivity index (χ3v) is 6.91. The highest BCUT2D eigenvalue weighted by Gasteiger charge is 2.34. The molecule has 2 aromatic carbocycles. The molecule has 3 aromatic rings. The minimum atomic E-state index is -1.47. The van der Waals surface area contributed by atoms with Gasteiger partial charge >= 0.3 is 0 Å². The minimum Gasteiger partial charge on any atom is -0.497 e. The number of rotatable bonds is 8. The Morgan fingerprint density at radius 3 is 2.62 bits per heavy atom. The second kappa shape index (κ2) is 12.3. The number of ether oxygens (including phenoxy) is 2. The predicted molar refractivity (Wildman–Crippen MR) is 147 cm³/mol. The highest BCUT2D eigenvalue weighted by atomic mass is 19.1. The van der Waals surface area contributed by atoms with Crippen molar-refractivity contribution in [3.05, 3.63) is 72.1 Å². The van der Waals surface area contributed by atoms with Gasteiger partial charge in [0.25, 0.3) is 11.8 Å². The van der Waals surface area contributed by atoms with Crippen molar-refractivity contribution >= 4 is 29.1 Å². The predicted octanol–water partition coefficient (Wildman–Crippen LogP) is 2.66. The first-order chi connectivity index (χ1) is 19.4. The molecule has 0 aliphatic carbocycles. The Hall–Kier alpha value is -4.29. The number of aromatic nitrogens is 2. The smallest absolute Gasteiger partial charge is 0.271 e. The molecule has 2 aliphatic rings. The van der Waals surface area contributed by atoms with E-state index in [-0.39, 0.29) is 36.6 Å². The molecule has 1 aromatic heterocycles. The van der Waals surface area contributed by atoms with Gasteiger partial charge in [-0.3, -0.25) is 14.6 Å². The molecular formula is C28H32FN7O4. The molecule has 3 heterocycles. The number of alkyl halides is 1. The summed E-state index contributed by atoms with van der Waals surface area (Å²) >= 11 is 0. The molecule has 0 radical (unpaired) electrons. The molecule has 0 spiro atoms. The van der Waals surface area contributed by atoms with Crippen LogP contribution in [0.15, 0.2) is 60.8 Å². The normalized spacial score (nSPS) is 19.6. The average molecular weight is 550 g/mol. The first-order valence-electron chi connectivity index (χ1n) is 13.1. The summed E-state index contributed by atoms with van der Waals surface area (Å²) in [6, 6.07) is 15.9. The summed E-state index contributed by atoms with van der Waals surface area (Å²) < 4.78 is 25.6. The van der Waals surface area contributed by atoms with Gasteiger partial charge in [-0.2, -0.15) is 5.01 Å². The molecule has 2 aliphatic heterocycles. The zero-order chi connectivity index (χ0) is 28.1. The van der Waals surface area contributed by atoms with Crippen LogP contribution in [0.4, 0.5) is 21.7 Å². The van der Waals surface area contributed by atoms with Gasteiger partial charge in [0.05, 0.1) is 32.2 Å². The van der Waals surface area contributed by atoms with Crippen LogP contribution in [-0.2, 0) is 4.74 Å². The van der Waals surface area contributed by atoms with Crippen molar-refractivity contribution in [1.29, 1.82) is 0 Å². The van der Waals surface area contributed by atoms with Gasteiger partial charge in [-0.15, -0.1) is 0 Å². The summed E-state index contributed by atoms with van der Waals surface area (Å²) in [5, 5.41) is 6.11. The number of hydrogen-bond acceptors (Lipinski definition) is 9. The topological polar surface area (TPSA) is 126 Å².